The van der Waals surface area contributed by atoms with Gasteiger partial charge in [-0.3, -0.25) is 10.1 Å². The van der Waals surface area contributed by atoms with Crippen LogP contribution in [0.25, 0.3) is 16.5 Å². The maximum Gasteiger partial charge on any atom is 0.324 e. The van der Waals surface area contributed by atoms with Crippen molar-refractivity contribution in [3.05, 3.63) is 108 Å². The quantitative estimate of drug-likeness (QED) is 0.115. The van der Waals surface area contributed by atoms with Gasteiger partial charge in [-0.25, -0.2) is 14.5 Å². The molecule has 0 aliphatic carbocycles. The lowest BCUT2D eigenvalue weighted by Gasteiger charge is -2.15. The summed E-state index contributed by atoms with van der Waals surface area (Å²) in [5.74, 6) is 1.80. The van der Waals surface area contributed by atoms with Gasteiger partial charge in [0.25, 0.3) is 0 Å². The highest BCUT2D eigenvalue weighted by molar-refractivity contribution is 7.64. The summed E-state index contributed by atoms with van der Waals surface area (Å²) in [7, 11) is -0.301. The average Bonchev–Trinajstić information content (AvgIpc) is 3.68. The third-order valence-corrected chi connectivity index (χ3v) is 9.59. The lowest BCUT2D eigenvalue weighted by atomic mass is 9.92. The Morgan fingerprint density at radius 2 is 1.75 bits per heavy atom. The third-order valence-electron chi connectivity index (χ3n) is 8.28. The summed E-state index contributed by atoms with van der Waals surface area (Å²) in [6.45, 7) is 10.7. The van der Waals surface area contributed by atoms with E-state index in [4.69, 9.17) is 9.84 Å². The smallest absolute Gasteiger partial charge is 0.324 e. The third kappa shape index (κ3) is 7.67. The van der Waals surface area contributed by atoms with Crippen LogP contribution in [0.1, 0.15) is 37.7 Å². The standard InChI is InChI=1S/C38H37N8O3P.H2O.4H2/c1-38(2,3)32-22-33(46(45-32)25-9-8-10-26(21-25)50(4)5)43-37(48)42-29-15-16-31(28-12-7-6-11-27(28)29)49-35-17-18-39-36(44-35)40-24-14-13-23-19-34(47)41-30(23)20-24;;;;;/h6-18,20-22H,19H2,1-5H3,(H,41,47)(H,39,40,44)(H2,42,43,48);1H2;4*1H. The van der Waals surface area contributed by atoms with E-state index >= 15 is 0 Å². The van der Waals surface area contributed by atoms with E-state index in [9.17, 15) is 9.59 Å². The van der Waals surface area contributed by atoms with Crippen molar-refractivity contribution >= 4 is 64.8 Å². The molecule has 6 aromatic rings. The molecule has 1 aliphatic heterocycles. The summed E-state index contributed by atoms with van der Waals surface area (Å²) in [5.41, 5.74) is 4.62. The van der Waals surface area contributed by atoms with Crippen LogP contribution in [0.5, 0.6) is 11.6 Å². The minimum absolute atomic E-state index is 0. The zero-order chi connectivity index (χ0) is 35.0. The molecule has 7 rings (SSSR count). The molecule has 1 aliphatic rings. The molecule has 13 heteroatoms. The Bertz CT molecular complexity index is 2280. The number of nitrogens with zero attached hydrogens (tertiary/aromatic N) is 4. The van der Waals surface area contributed by atoms with E-state index in [0.29, 0.717) is 35.5 Å². The minimum atomic E-state index is -0.396. The monoisotopic (exact) mass is 710 g/mol. The Kier molecular flexibility index (Phi) is 9.73. The molecule has 2 aromatic heterocycles. The second kappa shape index (κ2) is 14.2. The summed E-state index contributed by atoms with van der Waals surface area (Å²) in [6.07, 6.45) is 1.98. The largest absolute Gasteiger partial charge is 0.438 e. The number of rotatable bonds is 8. The Balaban J connectivity index is 0.00000209. The molecular formula is C38H47N8O4P. The molecule has 3 amide bonds. The van der Waals surface area contributed by atoms with Crippen LogP contribution in [0.15, 0.2) is 97.2 Å². The molecular weight excluding hydrogens is 663 g/mol. The van der Waals surface area contributed by atoms with Gasteiger partial charge >= 0.3 is 6.03 Å². The van der Waals surface area contributed by atoms with Crippen molar-refractivity contribution in [1.29, 1.82) is 0 Å². The van der Waals surface area contributed by atoms with E-state index in [0.717, 1.165) is 39.1 Å². The lowest BCUT2D eigenvalue weighted by molar-refractivity contribution is -0.115. The molecule has 4 aromatic carbocycles. The molecule has 0 radical (unpaired) electrons. The first-order valence-electron chi connectivity index (χ1n) is 16.2. The normalized spacial score (nSPS) is 12.2. The van der Waals surface area contributed by atoms with Crippen molar-refractivity contribution in [3.8, 4) is 17.3 Å². The topological polar surface area (TPSA) is 167 Å². The van der Waals surface area contributed by atoms with Gasteiger partial charge in [0.1, 0.15) is 11.6 Å². The van der Waals surface area contributed by atoms with Gasteiger partial charge in [0, 0.05) is 51.6 Å². The van der Waals surface area contributed by atoms with Crippen LogP contribution in [-0.2, 0) is 16.6 Å². The van der Waals surface area contributed by atoms with Gasteiger partial charge in [-0.1, -0.05) is 71.2 Å². The SMILES string of the molecule is CP(C)c1cccc(-n2nc(C(C)(C)C)cc2NC(=O)Nc2ccc(Oc3ccnc(Nc4ccc5c(c4)NC(=O)C5)n3)c3ccccc23)c1.O.[HH].[HH].[HH].[HH]. The number of amides is 3. The number of carbonyl (C=O) groups is 2. The van der Waals surface area contributed by atoms with E-state index in [1.54, 1.807) is 23.0 Å². The molecule has 0 atom stereocenters. The fourth-order valence-corrected chi connectivity index (χ4v) is 6.44. The van der Waals surface area contributed by atoms with Crippen LogP contribution in [0.4, 0.5) is 33.6 Å². The Morgan fingerprint density at radius 3 is 2.53 bits per heavy atom. The number of nitrogens with one attached hydrogen (secondary N) is 4. The summed E-state index contributed by atoms with van der Waals surface area (Å²) >= 11 is 0. The first kappa shape index (κ1) is 35.0. The van der Waals surface area contributed by atoms with E-state index in [-0.39, 0.29) is 30.4 Å². The number of ether oxygens (including phenoxy) is 1. The summed E-state index contributed by atoms with van der Waals surface area (Å²) in [4.78, 5) is 34.2. The van der Waals surface area contributed by atoms with E-state index in [1.807, 2.05) is 66.7 Å². The average molecular weight is 711 g/mol. The molecule has 0 saturated heterocycles. The maximum atomic E-state index is 13.5. The van der Waals surface area contributed by atoms with E-state index < -0.39 is 6.03 Å². The summed E-state index contributed by atoms with van der Waals surface area (Å²) in [6, 6.07) is 28.4. The maximum absolute atomic E-state index is 13.5. The molecule has 51 heavy (non-hydrogen) atoms. The second-order valence-corrected chi connectivity index (χ2v) is 15.6. The van der Waals surface area contributed by atoms with Gasteiger partial charge in [-0.05, 0) is 60.6 Å². The van der Waals surface area contributed by atoms with Crippen LogP contribution < -0.4 is 31.3 Å². The van der Waals surface area contributed by atoms with Crippen LogP contribution in [0.2, 0.25) is 0 Å². The molecule has 6 N–H and O–H groups in total. The highest BCUT2D eigenvalue weighted by Gasteiger charge is 2.22. The predicted molar refractivity (Wildman–Crippen MR) is 213 cm³/mol. The van der Waals surface area contributed by atoms with Gasteiger partial charge < -0.3 is 26.2 Å². The van der Waals surface area contributed by atoms with Crippen molar-refractivity contribution in [3.63, 3.8) is 0 Å². The molecule has 3 heterocycles. The van der Waals surface area contributed by atoms with Crippen molar-refractivity contribution in [2.24, 2.45) is 0 Å². The second-order valence-electron chi connectivity index (χ2n) is 13.3. The number of aromatic nitrogens is 4. The van der Waals surface area contributed by atoms with Crippen molar-refractivity contribution in [2.75, 3.05) is 34.6 Å². The van der Waals surface area contributed by atoms with Crippen molar-refractivity contribution < 1.29 is 25.5 Å². The summed E-state index contributed by atoms with van der Waals surface area (Å²) in [5, 5.41) is 19.8. The van der Waals surface area contributed by atoms with Crippen molar-refractivity contribution in [1.82, 2.24) is 19.7 Å². The molecule has 268 valence electrons. The molecule has 12 nitrogen and oxygen atoms in total. The first-order valence-corrected chi connectivity index (χ1v) is 18.4. The Hall–Kier alpha value is -5.84. The van der Waals surface area contributed by atoms with Gasteiger partial charge in [0.15, 0.2) is 0 Å². The van der Waals surface area contributed by atoms with Gasteiger partial charge in [-0.15, -0.1) is 0 Å². The van der Waals surface area contributed by atoms with Crippen LogP contribution >= 0.6 is 7.92 Å². The zero-order valence-corrected chi connectivity index (χ0v) is 29.8. The number of urea groups is 1. The van der Waals surface area contributed by atoms with Gasteiger partial charge in [-0.2, -0.15) is 10.1 Å². The zero-order valence-electron chi connectivity index (χ0n) is 28.9. The molecule has 0 fully saturated rings. The molecule has 0 spiro atoms. The highest BCUT2D eigenvalue weighted by atomic mass is 31.1. The van der Waals surface area contributed by atoms with Crippen LogP contribution in [0.3, 0.4) is 0 Å². The molecule has 0 unspecified atom stereocenters. The number of benzene rings is 4. The number of carbonyl (C=O) groups excluding carboxylic acids is 2. The minimum Gasteiger partial charge on any atom is -0.438 e. The van der Waals surface area contributed by atoms with E-state index in [1.165, 1.54) is 5.30 Å². The Morgan fingerprint density at radius 1 is 0.941 bits per heavy atom. The number of fused-ring (bicyclic) bond motifs is 2. The molecule has 0 saturated carbocycles. The summed E-state index contributed by atoms with van der Waals surface area (Å²) < 4.78 is 8.05. The lowest BCUT2D eigenvalue weighted by Crippen LogP contribution is -2.21. The van der Waals surface area contributed by atoms with Crippen LogP contribution in [0, 0.1) is 0 Å². The number of anilines is 5. The predicted octanol–water partition coefficient (Wildman–Crippen LogP) is 8.31. The van der Waals surface area contributed by atoms with Crippen LogP contribution in [-0.4, -0.2) is 50.5 Å². The van der Waals surface area contributed by atoms with Gasteiger partial charge in [0.2, 0.25) is 17.7 Å². The fraction of sp³-hybridized carbons (Fsp3) is 0.184. The molecule has 0 bridgehead atoms. The Labute approximate surface area is 302 Å². The van der Waals surface area contributed by atoms with Crippen molar-refractivity contribution in [2.45, 2.75) is 32.6 Å². The highest BCUT2D eigenvalue weighted by Crippen LogP contribution is 2.35. The first-order chi connectivity index (χ1) is 24.0. The number of hydrogen-bond donors (Lipinski definition) is 4. The fourth-order valence-electron chi connectivity index (χ4n) is 5.67. The van der Waals surface area contributed by atoms with E-state index in [2.05, 4.69) is 77.5 Å². The number of hydrogen-bond acceptors (Lipinski definition) is 7. The van der Waals surface area contributed by atoms with Gasteiger partial charge in [0.05, 0.1) is 23.5 Å².